The van der Waals surface area contributed by atoms with Gasteiger partial charge in [0.25, 0.3) is 16.1 Å². The molecule has 23 heavy (non-hydrogen) atoms. The van der Waals surface area contributed by atoms with E-state index in [-0.39, 0.29) is 5.91 Å². The summed E-state index contributed by atoms with van der Waals surface area (Å²) in [5, 5.41) is 0. The van der Waals surface area contributed by atoms with Crippen LogP contribution in [0.2, 0.25) is 0 Å². The Labute approximate surface area is 139 Å². The quantitative estimate of drug-likeness (QED) is 0.640. The highest BCUT2D eigenvalue weighted by Crippen LogP contribution is 2.15. The molecule has 9 heteroatoms. The van der Waals surface area contributed by atoms with E-state index in [1.165, 1.54) is 11.4 Å². The number of ether oxygens (including phenoxy) is 1. The van der Waals surface area contributed by atoms with Crippen molar-refractivity contribution in [2.45, 2.75) is 19.4 Å². The summed E-state index contributed by atoms with van der Waals surface area (Å²) in [5.74, 6) is -0.0494. The highest BCUT2D eigenvalue weighted by molar-refractivity contribution is 7.86. The van der Waals surface area contributed by atoms with Gasteiger partial charge in [0, 0.05) is 59.5 Å². The van der Waals surface area contributed by atoms with Gasteiger partial charge in [-0.25, -0.2) is 0 Å². The zero-order chi connectivity index (χ0) is 17.0. The van der Waals surface area contributed by atoms with Crippen molar-refractivity contribution in [2.75, 3.05) is 66.5 Å². The van der Waals surface area contributed by atoms with Crippen LogP contribution in [0, 0.1) is 0 Å². The number of likely N-dealkylation sites (N-methyl/N-ethyl adjacent to an activating group) is 1. The van der Waals surface area contributed by atoms with E-state index < -0.39 is 16.3 Å². The van der Waals surface area contributed by atoms with Gasteiger partial charge in [-0.3, -0.25) is 4.79 Å². The topological polar surface area (TPSA) is 73.4 Å². The number of methoxy groups -OCH3 is 1. The lowest BCUT2D eigenvalue weighted by Crippen LogP contribution is -2.58. The molecule has 2 fully saturated rings. The molecule has 2 saturated heterocycles. The van der Waals surface area contributed by atoms with Crippen molar-refractivity contribution in [3.05, 3.63) is 0 Å². The van der Waals surface area contributed by atoms with Crippen LogP contribution in [0.3, 0.4) is 0 Å². The number of amides is 1. The van der Waals surface area contributed by atoms with E-state index in [4.69, 9.17) is 4.74 Å². The highest BCUT2D eigenvalue weighted by atomic mass is 32.2. The summed E-state index contributed by atoms with van der Waals surface area (Å²) in [6.45, 7) is 6.01. The second-order valence-corrected chi connectivity index (χ2v) is 8.00. The van der Waals surface area contributed by atoms with E-state index in [1.807, 2.05) is 14.0 Å². The van der Waals surface area contributed by atoms with Crippen molar-refractivity contribution < 1.29 is 17.9 Å². The predicted octanol–water partition coefficient (Wildman–Crippen LogP) is -0.952. The van der Waals surface area contributed by atoms with Gasteiger partial charge in [0.05, 0.1) is 0 Å². The minimum atomic E-state index is -3.42. The second kappa shape index (κ2) is 7.89. The molecule has 1 atom stereocenters. The number of rotatable bonds is 5. The predicted molar refractivity (Wildman–Crippen MR) is 87.2 cm³/mol. The van der Waals surface area contributed by atoms with Crippen LogP contribution in [0.1, 0.15) is 13.3 Å². The Hall–Kier alpha value is -0.740. The normalized spacial score (nSPS) is 23.9. The molecule has 0 spiro atoms. The van der Waals surface area contributed by atoms with Crippen LogP contribution in [0.4, 0.5) is 0 Å². The van der Waals surface area contributed by atoms with Crippen LogP contribution >= 0.6 is 0 Å². The van der Waals surface area contributed by atoms with Gasteiger partial charge in [0.15, 0.2) is 0 Å². The van der Waals surface area contributed by atoms with Crippen LogP contribution in [0.5, 0.6) is 0 Å². The Morgan fingerprint density at radius 3 is 1.91 bits per heavy atom. The zero-order valence-electron chi connectivity index (χ0n) is 14.3. The fourth-order valence-corrected chi connectivity index (χ4v) is 4.54. The summed E-state index contributed by atoms with van der Waals surface area (Å²) in [5.41, 5.74) is 0. The Balaban J connectivity index is 1.92. The van der Waals surface area contributed by atoms with Gasteiger partial charge in [-0.1, -0.05) is 6.92 Å². The molecule has 2 aliphatic rings. The monoisotopic (exact) mass is 348 g/mol. The minimum Gasteiger partial charge on any atom is -0.372 e. The molecule has 1 unspecified atom stereocenters. The molecule has 0 aromatic heterocycles. The van der Waals surface area contributed by atoms with E-state index in [2.05, 4.69) is 4.90 Å². The van der Waals surface area contributed by atoms with Crippen LogP contribution in [-0.2, 0) is 19.7 Å². The summed E-state index contributed by atoms with van der Waals surface area (Å²) in [7, 11) is 0.104. The van der Waals surface area contributed by atoms with E-state index >= 15 is 0 Å². The number of hydrogen-bond acceptors (Lipinski definition) is 5. The summed E-state index contributed by atoms with van der Waals surface area (Å²) < 4.78 is 33.6. The summed E-state index contributed by atoms with van der Waals surface area (Å²) in [6, 6.07) is 0. The largest absolute Gasteiger partial charge is 0.372 e. The third-order valence-corrected chi connectivity index (χ3v) is 6.63. The SMILES string of the molecule is CCC(OC)C(=O)N1CCN(S(=O)(=O)N2CCN(C)CC2)CC1. The minimum absolute atomic E-state index is 0.0494. The zero-order valence-corrected chi connectivity index (χ0v) is 15.1. The fourth-order valence-electron chi connectivity index (χ4n) is 2.97. The van der Waals surface area contributed by atoms with Crippen molar-refractivity contribution >= 4 is 16.1 Å². The van der Waals surface area contributed by atoms with Crippen LogP contribution in [0.25, 0.3) is 0 Å². The standard InChI is InChI=1S/C14H28N4O4S/c1-4-13(22-3)14(19)16-7-11-18(12-8-16)23(20,21)17-9-5-15(2)6-10-17/h13H,4-12H2,1-3H3. The number of carbonyl (C=O) groups is 1. The van der Waals surface area contributed by atoms with Crippen molar-refractivity contribution in [2.24, 2.45) is 0 Å². The smallest absolute Gasteiger partial charge is 0.282 e. The Kier molecular flexibility index (Phi) is 6.38. The summed E-state index contributed by atoms with van der Waals surface area (Å²) in [4.78, 5) is 16.1. The Morgan fingerprint density at radius 2 is 1.48 bits per heavy atom. The van der Waals surface area contributed by atoms with Crippen molar-refractivity contribution in [3.8, 4) is 0 Å². The third kappa shape index (κ3) is 4.21. The van der Waals surface area contributed by atoms with Crippen molar-refractivity contribution in [1.82, 2.24) is 18.4 Å². The molecular weight excluding hydrogens is 320 g/mol. The lowest BCUT2D eigenvalue weighted by molar-refractivity contribution is -0.143. The van der Waals surface area contributed by atoms with E-state index in [0.717, 1.165) is 13.1 Å². The lowest BCUT2D eigenvalue weighted by atomic mass is 10.2. The van der Waals surface area contributed by atoms with Crippen LogP contribution in [-0.4, -0.2) is 105 Å². The first-order chi connectivity index (χ1) is 10.9. The van der Waals surface area contributed by atoms with E-state index in [9.17, 15) is 13.2 Å². The molecular formula is C14H28N4O4S. The summed E-state index contributed by atoms with van der Waals surface area (Å²) >= 11 is 0. The van der Waals surface area contributed by atoms with E-state index in [1.54, 1.807) is 9.21 Å². The molecule has 0 bridgehead atoms. The average Bonchev–Trinajstić information content (AvgIpc) is 2.56. The number of piperazine rings is 2. The maximum atomic E-state index is 12.7. The molecule has 0 N–H and O–H groups in total. The van der Waals surface area contributed by atoms with Crippen LogP contribution < -0.4 is 0 Å². The Morgan fingerprint density at radius 1 is 1.00 bits per heavy atom. The molecule has 0 aromatic carbocycles. The van der Waals surface area contributed by atoms with Gasteiger partial charge in [0.1, 0.15) is 6.10 Å². The molecule has 0 radical (unpaired) electrons. The fraction of sp³-hybridized carbons (Fsp3) is 0.929. The first-order valence-electron chi connectivity index (χ1n) is 8.15. The maximum Gasteiger partial charge on any atom is 0.282 e. The van der Waals surface area contributed by atoms with Crippen molar-refractivity contribution in [1.29, 1.82) is 0 Å². The average molecular weight is 348 g/mol. The molecule has 0 aromatic rings. The molecule has 1 amide bonds. The van der Waals surface area contributed by atoms with E-state index in [0.29, 0.717) is 45.7 Å². The summed E-state index contributed by atoms with van der Waals surface area (Å²) in [6.07, 6.45) is 0.186. The van der Waals surface area contributed by atoms with Crippen molar-refractivity contribution in [3.63, 3.8) is 0 Å². The third-order valence-electron chi connectivity index (χ3n) is 4.60. The first kappa shape index (κ1) is 18.6. The van der Waals surface area contributed by atoms with Gasteiger partial charge in [0.2, 0.25) is 0 Å². The van der Waals surface area contributed by atoms with Crippen LogP contribution in [0.15, 0.2) is 0 Å². The molecule has 2 rings (SSSR count). The van der Waals surface area contributed by atoms with Gasteiger partial charge >= 0.3 is 0 Å². The van der Waals surface area contributed by atoms with Gasteiger partial charge in [-0.2, -0.15) is 17.0 Å². The number of hydrogen-bond donors (Lipinski definition) is 0. The first-order valence-corrected chi connectivity index (χ1v) is 9.55. The van der Waals surface area contributed by atoms with Gasteiger partial charge in [-0.05, 0) is 13.5 Å². The van der Waals surface area contributed by atoms with Gasteiger partial charge in [-0.15, -0.1) is 0 Å². The molecule has 0 saturated carbocycles. The molecule has 8 nitrogen and oxygen atoms in total. The Bertz CT molecular complexity index is 493. The second-order valence-electron chi connectivity index (χ2n) is 6.07. The lowest BCUT2D eigenvalue weighted by Gasteiger charge is -2.39. The maximum absolute atomic E-state index is 12.7. The van der Waals surface area contributed by atoms with Gasteiger partial charge < -0.3 is 14.5 Å². The molecule has 2 aliphatic heterocycles. The molecule has 134 valence electrons. The molecule has 0 aliphatic carbocycles. The molecule has 2 heterocycles. The number of nitrogens with zero attached hydrogens (tertiary/aromatic N) is 4. The number of carbonyl (C=O) groups excluding carboxylic acids is 1. The highest BCUT2D eigenvalue weighted by Gasteiger charge is 2.35.